The van der Waals surface area contributed by atoms with E-state index < -0.39 is 40.6 Å². The summed E-state index contributed by atoms with van der Waals surface area (Å²) in [7, 11) is 0. The van der Waals surface area contributed by atoms with E-state index in [0.717, 1.165) is 6.92 Å². The number of nitriles is 1. The van der Waals surface area contributed by atoms with Crippen LogP contribution in [0.2, 0.25) is 0 Å². The Morgan fingerprint density at radius 1 is 0.929 bits per heavy atom. The van der Waals surface area contributed by atoms with Crippen molar-refractivity contribution < 1.29 is 36.2 Å². The molecule has 4 nitrogen and oxygen atoms in total. The van der Waals surface area contributed by atoms with Crippen LogP contribution in [-0.2, 0) is 22.7 Å². The smallest absolute Gasteiger partial charge is 0.416 e. The van der Waals surface area contributed by atoms with Gasteiger partial charge in [0.25, 0.3) is 0 Å². The quantitative estimate of drug-likeness (QED) is 0.706. The number of carbonyl (C=O) groups is 1. The summed E-state index contributed by atoms with van der Waals surface area (Å²) in [6.45, 7) is 0.948. The minimum Gasteiger partial charge on any atom is -0.479 e. The molecule has 0 aliphatic heterocycles. The third kappa shape index (κ3) is 4.36. The van der Waals surface area contributed by atoms with Crippen molar-refractivity contribution in [3.63, 3.8) is 0 Å². The van der Waals surface area contributed by atoms with E-state index in [1.807, 2.05) is 6.07 Å². The molecule has 0 saturated carbocycles. The lowest BCUT2D eigenvalue weighted by Crippen LogP contribution is -2.41. The molecular formula is C18H12F6N2O2. The van der Waals surface area contributed by atoms with E-state index in [0.29, 0.717) is 12.1 Å². The molecule has 2 N–H and O–H groups in total. The minimum absolute atomic E-state index is 0.0759. The van der Waals surface area contributed by atoms with Gasteiger partial charge < -0.3 is 10.4 Å². The van der Waals surface area contributed by atoms with Crippen LogP contribution in [0.5, 0.6) is 0 Å². The zero-order valence-corrected chi connectivity index (χ0v) is 14.1. The van der Waals surface area contributed by atoms with Crippen molar-refractivity contribution in [2.45, 2.75) is 24.8 Å². The molecule has 2 aromatic rings. The van der Waals surface area contributed by atoms with E-state index >= 15 is 0 Å². The number of halogens is 6. The van der Waals surface area contributed by atoms with Gasteiger partial charge in [0, 0.05) is 5.69 Å². The van der Waals surface area contributed by atoms with Crippen LogP contribution < -0.4 is 5.32 Å². The highest BCUT2D eigenvalue weighted by Crippen LogP contribution is 2.39. The van der Waals surface area contributed by atoms with Crippen molar-refractivity contribution in [2.24, 2.45) is 0 Å². The summed E-state index contributed by atoms with van der Waals surface area (Å²) in [6.07, 6.45) is -10.2. The molecule has 2 rings (SSSR count). The molecule has 0 radical (unpaired) electrons. The van der Waals surface area contributed by atoms with Gasteiger partial charge in [-0.05, 0) is 55.0 Å². The van der Waals surface area contributed by atoms with Crippen LogP contribution in [0.25, 0.3) is 0 Å². The molecule has 0 heterocycles. The van der Waals surface area contributed by atoms with Crippen LogP contribution >= 0.6 is 0 Å². The number of hydrogen-bond acceptors (Lipinski definition) is 3. The summed E-state index contributed by atoms with van der Waals surface area (Å²) in [6, 6.07) is 7.69. The number of carboxylic acid groups (broad SMARTS) is 1. The van der Waals surface area contributed by atoms with E-state index in [2.05, 4.69) is 5.32 Å². The molecule has 0 aliphatic rings. The van der Waals surface area contributed by atoms with Crippen molar-refractivity contribution in [3.8, 4) is 6.07 Å². The second kappa shape index (κ2) is 7.07. The normalized spacial score (nSPS) is 14.1. The number of anilines is 1. The van der Waals surface area contributed by atoms with Crippen LogP contribution in [0.15, 0.2) is 42.5 Å². The molecule has 1 unspecified atom stereocenters. The Morgan fingerprint density at radius 2 is 1.36 bits per heavy atom. The fraction of sp³-hybridized carbons (Fsp3) is 0.222. The van der Waals surface area contributed by atoms with Gasteiger partial charge in [0.2, 0.25) is 0 Å². The molecular weight excluding hydrogens is 390 g/mol. The van der Waals surface area contributed by atoms with E-state index in [1.165, 1.54) is 24.3 Å². The predicted molar refractivity (Wildman–Crippen MR) is 86.2 cm³/mol. The average molecular weight is 402 g/mol. The summed E-state index contributed by atoms with van der Waals surface area (Å²) in [4.78, 5) is 11.8. The van der Waals surface area contributed by atoms with Crippen molar-refractivity contribution in [1.82, 2.24) is 0 Å². The number of alkyl halides is 6. The first-order valence-electron chi connectivity index (χ1n) is 7.59. The summed E-state index contributed by atoms with van der Waals surface area (Å²) < 4.78 is 78.4. The largest absolute Gasteiger partial charge is 0.479 e. The molecule has 0 amide bonds. The second-order valence-electron chi connectivity index (χ2n) is 6.04. The van der Waals surface area contributed by atoms with Gasteiger partial charge in [-0.3, -0.25) is 0 Å². The Balaban J connectivity index is 2.63. The lowest BCUT2D eigenvalue weighted by molar-refractivity contribution is -0.145. The lowest BCUT2D eigenvalue weighted by Gasteiger charge is -2.29. The molecule has 148 valence electrons. The number of hydrogen-bond donors (Lipinski definition) is 2. The maximum Gasteiger partial charge on any atom is 0.416 e. The number of aliphatic carboxylic acids is 1. The highest BCUT2D eigenvalue weighted by Gasteiger charge is 2.42. The molecule has 28 heavy (non-hydrogen) atoms. The lowest BCUT2D eigenvalue weighted by atomic mass is 9.88. The van der Waals surface area contributed by atoms with Crippen molar-refractivity contribution in [2.75, 3.05) is 5.32 Å². The summed E-state index contributed by atoms with van der Waals surface area (Å²) in [5.41, 5.74) is -5.95. The fourth-order valence-corrected chi connectivity index (χ4v) is 2.41. The predicted octanol–water partition coefficient (Wildman–Crippen LogP) is 5.01. The first kappa shape index (κ1) is 21.1. The molecule has 0 aromatic heterocycles. The highest BCUT2D eigenvalue weighted by atomic mass is 19.4. The van der Waals surface area contributed by atoms with Crippen LogP contribution in [0, 0.1) is 11.3 Å². The Bertz CT molecular complexity index is 897. The number of rotatable bonds is 4. The van der Waals surface area contributed by atoms with Crippen LogP contribution in [0.1, 0.15) is 29.2 Å². The fourth-order valence-electron chi connectivity index (χ4n) is 2.41. The van der Waals surface area contributed by atoms with E-state index in [4.69, 9.17) is 5.26 Å². The summed E-state index contributed by atoms with van der Waals surface area (Å²) in [5, 5.41) is 20.8. The average Bonchev–Trinajstić information content (AvgIpc) is 2.60. The van der Waals surface area contributed by atoms with Gasteiger partial charge in [-0.2, -0.15) is 31.6 Å². The molecule has 0 spiro atoms. The van der Waals surface area contributed by atoms with Gasteiger partial charge in [-0.1, -0.05) is 0 Å². The maximum atomic E-state index is 13.1. The topological polar surface area (TPSA) is 73.1 Å². The number of benzene rings is 2. The number of nitrogens with one attached hydrogen (secondary N) is 1. The highest BCUT2D eigenvalue weighted by molar-refractivity contribution is 5.84. The number of carboxylic acids is 1. The second-order valence-corrected chi connectivity index (χ2v) is 6.04. The Labute approximate surface area is 155 Å². The van der Waals surface area contributed by atoms with Gasteiger partial charge in [0.1, 0.15) is 0 Å². The van der Waals surface area contributed by atoms with E-state index in [9.17, 15) is 36.2 Å². The van der Waals surface area contributed by atoms with Crippen molar-refractivity contribution in [3.05, 3.63) is 64.7 Å². The Hall–Kier alpha value is -3.22. The van der Waals surface area contributed by atoms with Gasteiger partial charge in [-0.25, -0.2) is 4.79 Å². The molecule has 2 aromatic carbocycles. The zero-order chi connectivity index (χ0) is 21.3. The number of nitrogens with zero attached hydrogens (tertiary/aromatic N) is 1. The monoisotopic (exact) mass is 402 g/mol. The third-order valence-corrected chi connectivity index (χ3v) is 4.00. The van der Waals surface area contributed by atoms with Gasteiger partial charge >= 0.3 is 18.3 Å². The van der Waals surface area contributed by atoms with Gasteiger partial charge in [0.15, 0.2) is 5.54 Å². The van der Waals surface area contributed by atoms with Crippen molar-refractivity contribution >= 4 is 11.7 Å². The van der Waals surface area contributed by atoms with Gasteiger partial charge in [-0.15, -0.1) is 0 Å². The molecule has 10 heteroatoms. The standard InChI is InChI=1S/C18H12F6N2O2/c1-16(15(27)28,26-14-4-2-10(9-25)3-5-14)11-6-12(17(19,20)21)8-13(7-11)18(22,23)24/h2-8,26H,1H3,(H,27,28). The van der Waals surface area contributed by atoms with Crippen LogP contribution in [0.3, 0.4) is 0 Å². The van der Waals surface area contributed by atoms with E-state index in [1.54, 1.807) is 0 Å². The first-order valence-corrected chi connectivity index (χ1v) is 7.59. The molecule has 0 saturated heterocycles. The molecule has 0 aliphatic carbocycles. The van der Waals surface area contributed by atoms with Crippen LogP contribution in [-0.4, -0.2) is 11.1 Å². The zero-order valence-electron chi connectivity index (χ0n) is 14.1. The first-order chi connectivity index (χ1) is 12.8. The molecule has 1 atom stereocenters. The summed E-state index contributed by atoms with van der Waals surface area (Å²) >= 11 is 0. The van der Waals surface area contributed by atoms with E-state index in [-0.39, 0.29) is 17.3 Å². The Kier molecular flexibility index (Phi) is 5.32. The maximum absolute atomic E-state index is 13.1. The van der Waals surface area contributed by atoms with Crippen LogP contribution in [0.4, 0.5) is 32.0 Å². The summed E-state index contributed by atoms with van der Waals surface area (Å²) in [5.74, 6) is -1.69. The van der Waals surface area contributed by atoms with Gasteiger partial charge in [0.05, 0.1) is 22.8 Å². The minimum atomic E-state index is -5.11. The molecule has 0 bridgehead atoms. The molecule has 0 fully saturated rings. The Morgan fingerprint density at radius 3 is 1.71 bits per heavy atom. The van der Waals surface area contributed by atoms with Crippen molar-refractivity contribution in [1.29, 1.82) is 5.26 Å². The third-order valence-electron chi connectivity index (χ3n) is 4.00. The SMILES string of the molecule is CC(Nc1ccc(C#N)cc1)(C(=O)O)c1cc(C(F)(F)F)cc(C(F)(F)F)c1.